The number of imide groups is 1. The number of nitrogens with zero attached hydrogens (tertiary/aromatic N) is 3. The van der Waals surface area contributed by atoms with Crippen LogP contribution >= 0.6 is 0 Å². The lowest BCUT2D eigenvalue weighted by Gasteiger charge is -2.17. The van der Waals surface area contributed by atoms with Crippen molar-refractivity contribution in [2.45, 2.75) is 13.0 Å². The number of nitrogens with one attached hydrogen (secondary N) is 1. The third-order valence-electron chi connectivity index (χ3n) is 3.50. The van der Waals surface area contributed by atoms with E-state index in [-0.39, 0.29) is 12.1 Å². The molecule has 1 aromatic rings. The van der Waals surface area contributed by atoms with E-state index < -0.39 is 36.5 Å². The van der Waals surface area contributed by atoms with Crippen molar-refractivity contribution < 1.29 is 23.9 Å². The molecule has 0 aliphatic carbocycles. The largest absolute Gasteiger partial charge is 0.451 e. The highest BCUT2D eigenvalue weighted by Gasteiger charge is 2.35. The predicted octanol–water partition coefficient (Wildman–Crippen LogP) is 0.322. The number of benzene rings is 1. The zero-order valence-corrected chi connectivity index (χ0v) is 13.7. The molecule has 0 radical (unpaired) electrons. The molecule has 4 amide bonds. The van der Waals surface area contributed by atoms with Crippen LogP contribution in [0.4, 0.5) is 10.5 Å². The number of nitriles is 1. The van der Waals surface area contributed by atoms with Crippen LogP contribution in [0.2, 0.25) is 0 Å². The van der Waals surface area contributed by atoms with Crippen LogP contribution in [-0.2, 0) is 19.1 Å². The topological polar surface area (TPSA) is 120 Å². The Bertz CT molecular complexity index is 770. The van der Waals surface area contributed by atoms with Crippen molar-refractivity contribution in [3.8, 4) is 6.07 Å². The molecule has 0 aromatic heterocycles. The smallest absolute Gasteiger partial charge is 0.327 e. The maximum absolute atomic E-state index is 12.1. The van der Waals surface area contributed by atoms with Gasteiger partial charge in [-0.25, -0.2) is 4.79 Å². The highest BCUT2D eigenvalue weighted by Crippen LogP contribution is 2.14. The second-order valence-electron chi connectivity index (χ2n) is 5.40. The van der Waals surface area contributed by atoms with Crippen LogP contribution in [0, 0.1) is 11.3 Å². The highest BCUT2D eigenvalue weighted by molar-refractivity contribution is 6.04. The molecule has 9 nitrogen and oxygen atoms in total. The summed E-state index contributed by atoms with van der Waals surface area (Å²) in [5, 5.41) is 11.5. The maximum atomic E-state index is 12.1. The Morgan fingerprint density at radius 3 is 2.64 bits per heavy atom. The summed E-state index contributed by atoms with van der Waals surface area (Å²) in [5.41, 5.74) is 0.565. The molecule has 0 spiro atoms. The standard InChI is InChI=1S/C16H16N4O5/c1-10(15(23)18-12-6-4-3-5-11(12)7-17)25-14(22)9-20-13(21)8-19(2)16(20)24/h3-6,10H,8-9H2,1-2H3,(H,18,23)/t10-/m1/s1. The predicted molar refractivity (Wildman–Crippen MR) is 85.1 cm³/mol. The third-order valence-corrected chi connectivity index (χ3v) is 3.50. The van der Waals surface area contributed by atoms with Gasteiger partial charge in [0.25, 0.3) is 11.8 Å². The molecule has 1 aliphatic rings. The van der Waals surface area contributed by atoms with E-state index in [1.807, 2.05) is 6.07 Å². The van der Waals surface area contributed by atoms with Crippen LogP contribution in [-0.4, -0.2) is 59.9 Å². The number of hydrogen-bond acceptors (Lipinski definition) is 6. The van der Waals surface area contributed by atoms with E-state index in [1.165, 1.54) is 24.9 Å². The van der Waals surface area contributed by atoms with E-state index in [1.54, 1.807) is 18.2 Å². The monoisotopic (exact) mass is 344 g/mol. The van der Waals surface area contributed by atoms with Crippen molar-refractivity contribution >= 4 is 29.5 Å². The number of urea groups is 1. The summed E-state index contributed by atoms with van der Waals surface area (Å²) in [4.78, 5) is 49.2. The molecule has 9 heteroatoms. The quantitative estimate of drug-likeness (QED) is 0.607. The number of anilines is 1. The van der Waals surface area contributed by atoms with Crippen LogP contribution in [0.1, 0.15) is 12.5 Å². The van der Waals surface area contributed by atoms with Gasteiger partial charge in [-0.05, 0) is 19.1 Å². The summed E-state index contributed by atoms with van der Waals surface area (Å²) < 4.78 is 4.95. The van der Waals surface area contributed by atoms with Crippen LogP contribution in [0.25, 0.3) is 0 Å². The molecule has 1 aliphatic heterocycles. The van der Waals surface area contributed by atoms with Crippen LogP contribution in [0.15, 0.2) is 24.3 Å². The Hall–Kier alpha value is -3.41. The molecule has 1 heterocycles. The zero-order valence-electron chi connectivity index (χ0n) is 13.7. The van der Waals surface area contributed by atoms with Crippen LogP contribution < -0.4 is 5.32 Å². The van der Waals surface area contributed by atoms with Gasteiger partial charge in [0.2, 0.25) is 0 Å². The van der Waals surface area contributed by atoms with Crippen LogP contribution in [0.5, 0.6) is 0 Å². The molecule has 25 heavy (non-hydrogen) atoms. The van der Waals surface area contributed by atoms with E-state index in [4.69, 9.17) is 10.00 Å². The lowest BCUT2D eigenvalue weighted by Crippen LogP contribution is -2.39. The number of esters is 1. The second kappa shape index (κ2) is 7.44. The van der Waals surface area contributed by atoms with Crippen molar-refractivity contribution in [1.82, 2.24) is 9.80 Å². The maximum Gasteiger partial charge on any atom is 0.327 e. The van der Waals surface area contributed by atoms with Gasteiger partial charge in [0.15, 0.2) is 6.10 Å². The number of para-hydroxylation sites is 1. The molecule has 1 atom stereocenters. The average molecular weight is 344 g/mol. The molecule has 1 N–H and O–H groups in total. The van der Waals surface area contributed by atoms with Gasteiger partial charge >= 0.3 is 12.0 Å². The fourth-order valence-corrected chi connectivity index (χ4v) is 2.17. The minimum atomic E-state index is -1.16. The van der Waals surface area contributed by atoms with Crippen molar-refractivity contribution in [3.05, 3.63) is 29.8 Å². The van der Waals surface area contributed by atoms with E-state index >= 15 is 0 Å². The first-order valence-corrected chi connectivity index (χ1v) is 7.38. The summed E-state index contributed by atoms with van der Waals surface area (Å²) in [6.45, 7) is 0.684. The molecule has 0 saturated carbocycles. The normalized spacial score (nSPS) is 14.9. The minimum absolute atomic E-state index is 0.104. The molecular formula is C16H16N4O5. The lowest BCUT2D eigenvalue weighted by atomic mass is 10.2. The summed E-state index contributed by atoms with van der Waals surface area (Å²) in [6.07, 6.45) is -1.16. The first kappa shape index (κ1) is 17.9. The number of ether oxygens (including phenoxy) is 1. The molecule has 1 aromatic carbocycles. The van der Waals surface area contributed by atoms with E-state index in [0.29, 0.717) is 5.69 Å². The van der Waals surface area contributed by atoms with Gasteiger partial charge in [-0.2, -0.15) is 5.26 Å². The van der Waals surface area contributed by atoms with Gasteiger partial charge in [0.05, 0.1) is 11.3 Å². The zero-order chi connectivity index (χ0) is 18.6. The average Bonchev–Trinajstić information content (AvgIpc) is 2.81. The molecule has 0 bridgehead atoms. The Balaban J connectivity index is 1.92. The fourth-order valence-electron chi connectivity index (χ4n) is 2.17. The molecule has 0 unspecified atom stereocenters. The number of carbonyl (C=O) groups excluding carboxylic acids is 4. The highest BCUT2D eigenvalue weighted by atomic mass is 16.5. The van der Waals surface area contributed by atoms with E-state index in [2.05, 4.69) is 5.32 Å². The Morgan fingerprint density at radius 1 is 1.36 bits per heavy atom. The van der Waals surface area contributed by atoms with Crippen molar-refractivity contribution in [2.75, 3.05) is 25.5 Å². The summed E-state index contributed by atoms with van der Waals surface area (Å²) in [5.74, 6) is -2.02. The van der Waals surface area contributed by atoms with Crippen molar-refractivity contribution in [3.63, 3.8) is 0 Å². The van der Waals surface area contributed by atoms with Gasteiger partial charge in [-0.3, -0.25) is 19.3 Å². The van der Waals surface area contributed by atoms with Crippen molar-refractivity contribution in [2.24, 2.45) is 0 Å². The molecule has 2 rings (SSSR count). The fraction of sp³-hybridized carbons (Fsp3) is 0.312. The SMILES string of the molecule is C[C@@H](OC(=O)CN1C(=O)CN(C)C1=O)C(=O)Nc1ccccc1C#N. The third kappa shape index (κ3) is 4.11. The molecule has 130 valence electrons. The molecule has 1 fully saturated rings. The van der Waals surface area contributed by atoms with E-state index in [9.17, 15) is 19.2 Å². The number of carbonyl (C=O) groups is 4. The molecular weight excluding hydrogens is 328 g/mol. The van der Waals surface area contributed by atoms with Crippen LogP contribution in [0.3, 0.4) is 0 Å². The lowest BCUT2D eigenvalue weighted by molar-refractivity contribution is -0.154. The van der Waals surface area contributed by atoms with Gasteiger partial charge in [0.1, 0.15) is 19.2 Å². The second-order valence-corrected chi connectivity index (χ2v) is 5.40. The van der Waals surface area contributed by atoms with Gasteiger partial charge in [0, 0.05) is 7.05 Å². The number of hydrogen-bond donors (Lipinski definition) is 1. The van der Waals surface area contributed by atoms with Gasteiger partial charge < -0.3 is 15.0 Å². The van der Waals surface area contributed by atoms with Gasteiger partial charge in [-0.1, -0.05) is 12.1 Å². The number of rotatable bonds is 5. The number of likely N-dealkylation sites (N-methyl/N-ethyl adjacent to an activating group) is 1. The Kier molecular flexibility index (Phi) is 5.34. The molecule has 1 saturated heterocycles. The first-order chi connectivity index (χ1) is 11.8. The summed E-state index contributed by atoms with van der Waals surface area (Å²) in [7, 11) is 1.44. The van der Waals surface area contributed by atoms with Crippen molar-refractivity contribution in [1.29, 1.82) is 5.26 Å². The summed E-state index contributed by atoms with van der Waals surface area (Å²) in [6, 6.07) is 7.72. The van der Waals surface area contributed by atoms with E-state index in [0.717, 1.165) is 4.90 Å². The summed E-state index contributed by atoms with van der Waals surface area (Å²) >= 11 is 0. The Morgan fingerprint density at radius 2 is 2.04 bits per heavy atom. The number of amides is 4. The first-order valence-electron chi connectivity index (χ1n) is 7.38. The van der Waals surface area contributed by atoms with Gasteiger partial charge in [-0.15, -0.1) is 0 Å². The Labute approximate surface area is 143 Å². The minimum Gasteiger partial charge on any atom is -0.451 e.